The van der Waals surface area contributed by atoms with E-state index in [1.807, 2.05) is 39.0 Å². The zero-order chi connectivity index (χ0) is 15.3. The van der Waals surface area contributed by atoms with Crippen molar-refractivity contribution in [1.29, 1.82) is 0 Å². The van der Waals surface area contributed by atoms with Gasteiger partial charge in [0.15, 0.2) is 0 Å². The van der Waals surface area contributed by atoms with E-state index in [-0.39, 0.29) is 17.4 Å². The van der Waals surface area contributed by atoms with Crippen LogP contribution in [-0.4, -0.2) is 20.2 Å². The predicted octanol–water partition coefficient (Wildman–Crippen LogP) is 2.98. The smallest absolute Gasteiger partial charge is 0.306 e. The molecule has 20 heavy (non-hydrogen) atoms. The largest absolute Gasteiger partial charge is 0.496 e. The Hall–Kier alpha value is -1.55. The highest BCUT2D eigenvalue weighted by Gasteiger charge is 2.27. The molecule has 0 amide bonds. The lowest BCUT2D eigenvalue weighted by Crippen LogP contribution is -2.25. The lowest BCUT2D eigenvalue weighted by atomic mass is 9.81. The summed E-state index contributed by atoms with van der Waals surface area (Å²) < 4.78 is 10.1. The maximum atomic E-state index is 11.4. The molecule has 1 rings (SSSR count). The minimum absolute atomic E-state index is 0.176. The second kappa shape index (κ2) is 6.75. The average Bonchev–Trinajstić information content (AvgIpc) is 2.37. The fraction of sp³-hybridized carbons (Fsp3) is 0.562. The topological polar surface area (TPSA) is 61.5 Å². The van der Waals surface area contributed by atoms with Crippen LogP contribution in [0, 0.1) is 12.3 Å². The highest BCUT2D eigenvalue weighted by atomic mass is 16.5. The van der Waals surface area contributed by atoms with E-state index >= 15 is 0 Å². The van der Waals surface area contributed by atoms with E-state index in [4.69, 9.17) is 15.2 Å². The zero-order valence-corrected chi connectivity index (χ0v) is 13.0. The fourth-order valence-corrected chi connectivity index (χ4v) is 2.38. The number of aryl methyl sites for hydroxylation is 1. The summed E-state index contributed by atoms with van der Waals surface area (Å²) in [5.41, 5.74) is 8.21. The minimum atomic E-state index is -0.221. The van der Waals surface area contributed by atoms with E-state index < -0.39 is 0 Å². The molecule has 0 aliphatic heterocycles. The van der Waals surface area contributed by atoms with Gasteiger partial charge in [-0.2, -0.15) is 0 Å². The van der Waals surface area contributed by atoms with E-state index in [1.165, 1.54) is 7.11 Å². The Morgan fingerprint density at radius 2 is 2.00 bits per heavy atom. The van der Waals surface area contributed by atoms with Gasteiger partial charge in [-0.3, -0.25) is 4.79 Å². The molecular weight excluding hydrogens is 254 g/mol. The van der Waals surface area contributed by atoms with Crippen molar-refractivity contribution < 1.29 is 14.3 Å². The number of ether oxygens (including phenoxy) is 2. The third kappa shape index (κ3) is 4.53. The van der Waals surface area contributed by atoms with Crippen molar-refractivity contribution in [3.05, 3.63) is 29.3 Å². The highest BCUT2D eigenvalue weighted by molar-refractivity contribution is 5.69. The molecule has 0 spiro atoms. The molecule has 112 valence electrons. The molecule has 0 fully saturated rings. The molecule has 1 aromatic carbocycles. The minimum Gasteiger partial charge on any atom is -0.496 e. The summed E-state index contributed by atoms with van der Waals surface area (Å²) in [6.07, 6.45) is 1.03. The van der Waals surface area contributed by atoms with Gasteiger partial charge in [0, 0.05) is 11.6 Å². The van der Waals surface area contributed by atoms with Gasteiger partial charge in [-0.15, -0.1) is 0 Å². The van der Waals surface area contributed by atoms with Crippen LogP contribution in [0.3, 0.4) is 0 Å². The van der Waals surface area contributed by atoms with E-state index in [1.54, 1.807) is 7.11 Å². The third-order valence-electron chi connectivity index (χ3n) is 3.41. The Labute approximate surface area is 121 Å². The molecule has 0 aliphatic rings. The molecule has 2 N–H and O–H groups in total. The van der Waals surface area contributed by atoms with Gasteiger partial charge < -0.3 is 15.2 Å². The van der Waals surface area contributed by atoms with Crippen LogP contribution in [0.25, 0.3) is 0 Å². The number of carbonyl (C=O) groups is 1. The number of benzene rings is 1. The average molecular weight is 279 g/mol. The van der Waals surface area contributed by atoms with Crippen molar-refractivity contribution in [1.82, 2.24) is 0 Å². The zero-order valence-electron chi connectivity index (χ0n) is 13.0. The van der Waals surface area contributed by atoms with Gasteiger partial charge in [-0.25, -0.2) is 0 Å². The van der Waals surface area contributed by atoms with Gasteiger partial charge >= 0.3 is 5.97 Å². The lowest BCUT2D eigenvalue weighted by Gasteiger charge is -2.27. The van der Waals surface area contributed by atoms with Crippen LogP contribution >= 0.6 is 0 Å². The van der Waals surface area contributed by atoms with Crippen LogP contribution in [0.5, 0.6) is 5.75 Å². The Morgan fingerprint density at radius 1 is 1.35 bits per heavy atom. The summed E-state index contributed by atoms with van der Waals surface area (Å²) in [5, 5.41) is 0. The molecule has 1 unspecified atom stereocenters. The quantitative estimate of drug-likeness (QED) is 0.813. The van der Waals surface area contributed by atoms with Crippen molar-refractivity contribution in [2.24, 2.45) is 11.1 Å². The first-order valence-corrected chi connectivity index (χ1v) is 6.76. The van der Waals surface area contributed by atoms with Gasteiger partial charge in [-0.1, -0.05) is 31.5 Å². The second-order valence-electron chi connectivity index (χ2n) is 5.97. The fourth-order valence-electron chi connectivity index (χ4n) is 2.38. The molecule has 4 nitrogen and oxygen atoms in total. The number of hydrogen-bond donors (Lipinski definition) is 1. The van der Waals surface area contributed by atoms with Crippen molar-refractivity contribution in [2.45, 2.75) is 39.7 Å². The number of methoxy groups -OCH3 is 2. The monoisotopic (exact) mass is 279 g/mol. The summed E-state index contributed by atoms with van der Waals surface area (Å²) in [4.78, 5) is 11.4. The molecule has 0 saturated heterocycles. The first kappa shape index (κ1) is 16.5. The summed E-state index contributed by atoms with van der Waals surface area (Å²) in [6, 6.07) is 5.79. The van der Waals surface area contributed by atoms with Crippen molar-refractivity contribution in [3.63, 3.8) is 0 Å². The Balaban J connectivity index is 2.87. The molecule has 0 aromatic heterocycles. The van der Waals surface area contributed by atoms with Gasteiger partial charge in [0.1, 0.15) is 5.75 Å². The number of hydrogen-bond acceptors (Lipinski definition) is 4. The van der Waals surface area contributed by atoms with Crippen LogP contribution < -0.4 is 10.5 Å². The van der Waals surface area contributed by atoms with Gasteiger partial charge in [0.2, 0.25) is 0 Å². The number of rotatable bonds is 6. The molecule has 0 heterocycles. The Morgan fingerprint density at radius 3 is 2.55 bits per heavy atom. The molecule has 1 aromatic rings. The van der Waals surface area contributed by atoms with Crippen LogP contribution in [0.1, 0.15) is 43.9 Å². The molecular formula is C16H25NO3. The van der Waals surface area contributed by atoms with E-state index in [0.717, 1.165) is 16.9 Å². The van der Waals surface area contributed by atoms with Crippen LogP contribution in [0.4, 0.5) is 0 Å². The summed E-state index contributed by atoms with van der Waals surface area (Å²) >= 11 is 0. The van der Waals surface area contributed by atoms with E-state index in [2.05, 4.69) is 0 Å². The number of esters is 1. The van der Waals surface area contributed by atoms with E-state index in [0.29, 0.717) is 12.8 Å². The van der Waals surface area contributed by atoms with Crippen molar-refractivity contribution in [2.75, 3.05) is 14.2 Å². The molecule has 4 heteroatoms. The van der Waals surface area contributed by atoms with E-state index in [9.17, 15) is 4.79 Å². The van der Waals surface area contributed by atoms with Gasteiger partial charge in [0.05, 0.1) is 20.6 Å². The standard InChI is InChI=1S/C16H25NO3/c1-11-6-7-14(19-4)12(8-11)13(17)9-16(2,3)10-15(18)20-5/h6-8,13H,9-10,17H2,1-5H3. The predicted molar refractivity (Wildman–Crippen MR) is 79.7 cm³/mol. The molecule has 0 saturated carbocycles. The van der Waals surface area contributed by atoms with Crippen LogP contribution in [-0.2, 0) is 9.53 Å². The Kier molecular flexibility index (Phi) is 5.57. The molecule has 0 aliphatic carbocycles. The van der Waals surface area contributed by atoms with Gasteiger partial charge in [-0.05, 0) is 24.8 Å². The first-order chi connectivity index (χ1) is 9.29. The third-order valence-corrected chi connectivity index (χ3v) is 3.41. The maximum absolute atomic E-state index is 11.4. The lowest BCUT2D eigenvalue weighted by molar-refractivity contribution is -0.143. The SMILES string of the molecule is COC(=O)CC(C)(C)CC(N)c1cc(C)ccc1OC. The number of nitrogens with two attached hydrogens (primary N) is 1. The number of carbonyl (C=O) groups excluding carboxylic acids is 1. The highest BCUT2D eigenvalue weighted by Crippen LogP contribution is 2.35. The normalized spacial score (nSPS) is 12.9. The molecule has 0 bridgehead atoms. The first-order valence-electron chi connectivity index (χ1n) is 6.76. The Bertz CT molecular complexity index is 469. The van der Waals surface area contributed by atoms with Crippen molar-refractivity contribution in [3.8, 4) is 5.75 Å². The van der Waals surface area contributed by atoms with Crippen molar-refractivity contribution >= 4 is 5.97 Å². The van der Waals surface area contributed by atoms with Crippen LogP contribution in [0.15, 0.2) is 18.2 Å². The maximum Gasteiger partial charge on any atom is 0.306 e. The molecule has 1 atom stereocenters. The van der Waals surface area contributed by atoms with Gasteiger partial charge in [0.25, 0.3) is 0 Å². The van der Waals surface area contributed by atoms with Crippen LogP contribution in [0.2, 0.25) is 0 Å². The summed E-state index contributed by atoms with van der Waals surface area (Å²) in [7, 11) is 3.04. The summed E-state index contributed by atoms with van der Waals surface area (Å²) in [5.74, 6) is 0.579. The summed E-state index contributed by atoms with van der Waals surface area (Å²) in [6.45, 7) is 6.06. The molecule has 0 radical (unpaired) electrons. The second-order valence-corrected chi connectivity index (χ2v) is 5.97.